The van der Waals surface area contributed by atoms with E-state index in [1.165, 1.54) is 6.21 Å². The van der Waals surface area contributed by atoms with Gasteiger partial charge in [0, 0.05) is 6.21 Å². The summed E-state index contributed by atoms with van der Waals surface area (Å²) in [5, 5.41) is 3.10. The van der Waals surface area contributed by atoms with Gasteiger partial charge in [-0.2, -0.15) is 5.10 Å². The number of hydrazone groups is 1. The first-order valence-electron chi connectivity index (χ1n) is 1.19. The molecule has 0 aromatic heterocycles. The Morgan fingerprint density at radius 3 is 2.60 bits per heavy atom. The van der Waals surface area contributed by atoms with Crippen molar-refractivity contribution in [3.05, 3.63) is 0 Å². The highest BCUT2D eigenvalue weighted by Crippen LogP contribution is 1.61. The van der Waals surface area contributed by atoms with Gasteiger partial charge < -0.3 is 5.84 Å². The van der Waals surface area contributed by atoms with Crippen molar-refractivity contribution in [1.82, 2.24) is 0 Å². The van der Waals surface area contributed by atoms with Gasteiger partial charge in [0.15, 0.2) is 0 Å². The predicted molar refractivity (Wildman–Crippen MR) is 23.4 cm³/mol. The van der Waals surface area contributed by atoms with Crippen LogP contribution in [0.4, 0.5) is 0 Å². The second-order valence-electron chi connectivity index (χ2n) is 0.486. The zero-order valence-corrected chi connectivity index (χ0v) is 3.44. The lowest BCUT2D eigenvalue weighted by Crippen LogP contribution is -1.81. The van der Waals surface area contributed by atoms with E-state index in [2.05, 4.69) is 10.9 Å². The molecule has 30 valence electrons. The van der Waals surface area contributed by atoms with Crippen LogP contribution in [0.2, 0.25) is 0 Å². The number of rotatable bonds is 1. The molecule has 0 aromatic carbocycles. The van der Waals surface area contributed by atoms with Crippen molar-refractivity contribution in [3.63, 3.8) is 0 Å². The van der Waals surface area contributed by atoms with E-state index in [4.69, 9.17) is 11.6 Å². The second-order valence-corrected chi connectivity index (χ2v) is 0.795. The first-order valence-corrected chi connectivity index (χ1v) is 1.73. The molecule has 0 rings (SSSR count). The minimum Gasteiger partial charge on any atom is -0.324 e. The molecule has 0 fully saturated rings. The Hall–Kier alpha value is -0.240. The van der Waals surface area contributed by atoms with Crippen LogP contribution in [0.25, 0.3) is 0 Å². The Morgan fingerprint density at radius 1 is 2.00 bits per heavy atom. The first-order chi connectivity index (χ1) is 2.41. The van der Waals surface area contributed by atoms with Crippen LogP contribution >= 0.6 is 11.6 Å². The molecule has 0 saturated carbocycles. The fourth-order valence-electron chi connectivity index (χ4n) is 0.0398. The molecule has 0 heterocycles. The largest absolute Gasteiger partial charge is 0.324 e. The number of hydrogen-bond donors (Lipinski definition) is 1. The van der Waals surface area contributed by atoms with Crippen LogP contribution in [0.1, 0.15) is 0 Å². The van der Waals surface area contributed by atoms with Gasteiger partial charge in [0.05, 0.1) is 5.88 Å². The van der Waals surface area contributed by atoms with Gasteiger partial charge in [-0.3, -0.25) is 0 Å². The molecule has 0 aliphatic heterocycles. The fourth-order valence-corrected chi connectivity index (χ4v) is 0.120. The fraction of sp³-hybridized carbons (Fsp3) is 0.500. The van der Waals surface area contributed by atoms with Gasteiger partial charge in [-0.1, -0.05) is 0 Å². The number of nitrogens with two attached hydrogens (primary N) is 1. The first kappa shape index (κ1) is 4.76. The molecule has 0 aliphatic rings. The topological polar surface area (TPSA) is 38.4 Å². The highest BCUT2D eigenvalue weighted by atomic mass is 35.5. The van der Waals surface area contributed by atoms with Crippen LogP contribution in [0, 0.1) is 0 Å². The van der Waals surface area contributed by atoms with Crippen molar-refractivity contribution in [3.8, 4) is 0 Å². The van der Waals surface area contributed by atoms with Gasteiger partial charge in [-0.05, 0) is 0 Å². The lowest BCUT2D eigenvalue weighted by molar-refractivity contribution is 1.26. The standard InChI is InChI=1S/C2H5ClN2/c3-1-2-5-4/h2H,1,4H2/b5-2+. The second kappa shape index (κ2) is 3.76. The minimum absolute atomic E-state index is 0.399. The van der Waals surface area contributed by atoms with Crippen LogP contribution in [0.5, 0.6) is 0 Å². The summed E-state index contributed by atoms with van der Waals surface area (Å²) in [6.07, 6.45) is 1.42. The van der Waals surface area contributed by atoms with E-state index in [0.29, 0.717) is 5.88 Å². The number of halogens is 1. The van der Waals surface area contributed by atoms with Gasteiger partial charge in [-0.25, -0.2) is 0 Å². The van der Waals surface area contributed by atoms with Crippen LogP contribution in [0.15, 0.2) is 5.10 Å². The molecule has 0 bridgehead atoms. The van der Waals surface area contributed by atoms with Gasteiger partial charge in [0.2, 0.25) is 0 Å². The van der Waals surface area contributed by atoms with E-state index in [-0.39, 0.29) is 0 Å². The average Bonchev–Trinajstić information content (AvgIpc) is 1.41. The van der Waals surface area contributed by atoms with Crippen LogP contribution in [0.3, 0.4) is 0 Å². The third-order valence-electron chi connectivity index (χ3n) is 0.174. The highest BCUT2D eigenvalue weighted by molar-refractivity contribution is 6.24. The maximum absolute atomic E-state index is 5.07. The third-order valence-corrected chi connectivity index (χ3v) is 0.312. The van der Waals surface area contributed by atoms with Crippen molar-refractivity contribution < 1.29 is 0 Å². The minimum atomic E-state index is 0.399. The third kappa shape index (κ3) is 3.76. The van der Waals surface area contributed by atoms with Crippen molar-refractivity contribution in [1.29, 1.82) is 0 Å². The summed E-state index contributed by atoms with van der Waals surface area (Å²) in [5.41, 5.74) is 0. The van der Waals surface area contributed by atoms with E-state index in [9.17, 15) is 0 Å². The number of alkyl halides is 1. The van der Waals surface area contributed by atoms with Crippen molar-refractivity contribution in [2.24, 2.45) is 10.9 Å². The summed E-state index contributed by atoms with van der Waals surface area (Å²) in [6, 6.07) is 0. The van der Waals surface area contributed by atoms with Gasteiger partial charge >= 0.3 is 0 Å². The van der Waals surface area contributed by atoms with E-state index < -0.39 is 0 Å². The van der Waals surface area contributed by atoms with Crippen LogP contribution in [-0.4, -0.2) is 12.1 Å². The molecule has 2 nitrogen and oxygen atoms in total. The summed E-state index contributed by atoms with van der Waals surface area (Å²) in [6.45, 7) is 0. The SMILES string of the molecule is N/N=C/CCl. The molecule has 0 aliphatic carbocycles. The van der Waals surface area contributed by atoms with Crippen molar-refractivity contribution in [2.75, 3.05) is 5.88 Å². The summed E-state index contributed by atoms with van der Waals surface area (Å²) in [5.74, 6) is 5.02. The molecule has 5 heavy (non-hydrogen) atoms. The molecule has 0 aromatic rings. The molecule has 0 unspecified atom stereocenters. The average molecular weight is 92.5 g/mol. The Balaban J connectivity index is 2.62. The molecule has 0 saturated heterocycles. The van der Waals surface area contributed by atoms with E-state index in [1.807, 2.05) is 0 Å². The summed E-state index contributed by atoms with van der Waals surface area (Å²) >= 11 is 5.07. The molecule has 0 atom stereocenters. The van der Waals surface area contributed by atoms with Crippen molar-refractivity contribution in [2.45, 2.75) is 0 Å². The lowest BCUT2D eigenvalue weighted by atomic mass is 10.9. The van der Waals surface area contributed by atoms with E-state index in [1.54, 1.807) is 0 Å². The number of nitrogens with zero attached hydrogens (tertiary/aromatic N) is 1. The zero-order chi connectivity index (χ0) is 4.12. The Labute approximate surface area is 35.6 Å². The molecule has 2 N–H and O–H groups in total. The smallest absolute Gasteiger partial charge is 0.0595 e. The maximum Gasteiger partial charge on any atom is 0.0595 e. The van der Waals surface area contributed by atoms with E-state index in [0.717, 1.165) is 0 Å². The van der Waals surface area contributed by atoms with E-state index >= 15 is 0 Å². The Kier molecular flexibility index (Phi) is 3.58. The van der Waals surface area contributed by atoms with Gasteiger partial charge in [-0.15, -0.1) is 11.6 Å². The molecular weight excluding hydrogens is 87.5 g/mol. The lowest BCUT2D eigenvalue weighted by Gasteiger charge is -1.64. The van der Waals surface area contributed by atoms with Gasteiger partial charge in [0.1, 0.15) is 0 Å². The molecule has 0 spiro atoms. The maximum atomic E-state index is 5.07. The molecule has 0 amide bonds. The monoisotopic (exact) mass is 92.0 g/mol. The Bertz CT molecular complexity index is 34.6. The molecular formula is C2H5ClN2. The normalized spacial score (nSPS) is 9.80. The van der Waals surface area contributed by atoms with Crippen LogP contribution < -0.4 is 5.84 Å². The predicted octanol–water partition coefficient (Wildman–Crippen LogP) is 0.170. The quantitative estimate of drug-likeness (QED) is 0.213. The summed E-state index contributed by atoms with van der Waals surface area (Å²) in [4.78, 5) is 0. The van der Waals surface area contributed by atoms with Crippen LogP contribution in [-0.2, 0) is 0 Å². The zero-order valence-electron chi connectivity index (χ0n) is 2.69. The Morgan fingerprint density at radius 2 is 2.60 bits per heavy atom. The summed E-state index contributed by atoms with van der Waals surface area (Å²) in [7, 11) is 0. The van der Waals surface area contributed by atoms with Gasteiger partial charge in [0.25, 0.3) is 0 Å². The molecule has 0 radical (unpaired) electrons. The van der Waals surface area contributed by atoms with Crippen molar-refractivity contribution >= 4 is 17.8 Å². The molecule has 3 heteroatoms. The highest BCUT2D eigenvalue weighted by Gasteiger charge is 1.56. The summed E-state index contributed by atoms with van der Waals surface area (Å²) < 4.78 is 0. The number of hydrogen-bond acceptors (Lipinski definition) is 2.